The average Bonchev–Trinajstić information content (AvgIpc) is 3.34. The normalized spacial score (nSPS) is 18.8. The minimum absolute atomic E-state index is 0.0264. The van der Waals surface area contributed by atoms with Gasteiger partial charge in [0, 0.05) is 56.5 Å². The lowest BCUT2D eigenvalue weighted by Gasteiger charge is -2.32. The molecule has 1 aliphatic rings. The number of fused-ring (bicyclic) bond motifs is 1. The number of halogens is 2. The number of anilines is 2. The predicted molar refractivity (Wildman–Crippen MR) is 127 cm³/mol. The van der Waals surface area contributed by atoms with Gasteiger partial charge in [-0.2, -0.15) is 8.78 Å². The highest BCUT2D eigenvalue weighted by Crippen LogP contribution is 2.35. The zero-order valence-corrected chi connectivity index (χ0v) is 20.4. The first kappa shape index (κ1) is 23.9. The van der Waals surface area contributed by atoms with Gasteiger partial charge in [0.25, 0.3) is 0 Å². The summed E-state index contributed by atoms with van der Waals surface area (Å²) in [5.41, 5.74) is 1.07. The number of amides is 1. The van der Waals surface area contributed by atoms with Crippen molar-refractivity contribution in [3.63, 3.8) is 0 Å². The summed E-state index contributed by atoms with van der Waals surface area (Å²) in [5.74, 6) is -2.72. The van der Waals surface area contributed by atoms with Gasteiger partial charge in [-0.25, -0.2) is 19.6 Å². The molecule has 0 spiro atoms. The zero-order valence-electron chi connectivity index (χ0n) is 20.4. The van der Waals surface area contributed by atoms with Crippen molar-refractivity contribution in [2.24, 2.45) is 0 Å². The summed E-state index contributed by atoms with van der Waals surface area (Å²) in [6, 6.07) is 3.35. The Kier molecular flexibility index (Phi) is 6.01. The second-order valence-electron chi connectivity index (χ2n) is 9.35. The van der Waals surface area contributed by atoms with Gasteiger partial charge in [-0.05, 0) is 33.9 Å². The Balaban J connectivity index is 1.90. The van der Waals surface area contributed by atoms with Crippen LogP contribution in [0.15, 0.2) is 18.3 Å². The molecule has 0 aromatic carbocycles. The van der Waals surface area contributed by atoms with E-state index in [0.29, 0.717) is 29.3 Å². The van der Waals surface area contributed by atoms with E-state index in [1.165, 1.54) is 6.92 Å². The standard InChI is InChI=1S/C23H30F2N8O/c1-7-15-10-19(29-21(28-15)23(4,24)25)33-17-11-18(27-14(2)34)26-12-16(17)20(30-33)32-9-8-22(3,13-32)31(5)6/h10-12H,7-9,13H2,1-6H3,(H,26,27,34)/t22-/m1/s1. The number of aromatic nitrogens is 5. The molecule has 1 saturated heterocycles. The maximum absolute atomic E-state index is 14.2. The summed E-state index contributed by atoms with van der Waals surface area (Å²) in [6.45, 7) is 7.77. The highest BCUT2D eigenvalue weighted by Gasteiger charge is 2.37. The van der Waals surface area contributed by atoms with Gasteiger partial charge in [-0.15, -0.1) is 5.10 Å². The molecule has 0 bridgehead atoms. The summed E-state index contributed by atoms with van der Waals surface area (Å²) >= 11 is 0. The first-order valence-electron chi connectivity index (χ1n) is 11.3. The molecule has 1 aliphatic heterocycles. The number of nitrogens with one attached hydrogen (secondary N) is 1. The number of nitrogens with zero attached hydrogens (tertiary/aromatic N) is 7. The summed E-state index contributed by atoms with van der Waals surface area (Å²) in [5, 5.41) is 8.25. The Labute approximate surface area is 197 Å². The quantitative estimate of drug-likeness (QED) is 0.588. The molecule has 4 heterocycles. The van der Waals surface area contributed by atoms with Gasteiger partial charge in [-0.1, -0.05) is 6.92 Å². The van der Waals surface area contributed by atoms with Crippen molar-refractivity contribution < 1.29 is 13.6 Å². The molecule has 9 nitrogen and oxygen atoms in total. The highest BCUT2D eigenvalue weighted by molar-refractivity contribution is 5.95. The molecule has 1 amide bonds. The molecular formula is C23H30F2N8O. The summed E-state index contributed by atoms with van der Waals surface area (Å²) in [7, 11) is 4.11. The van der Waals surface area contributed by atoms with E-state index >= 15 is 0 Å². The van der Waals surface area contributed by atoms with Crippen LogP contribution in [0.5, 0.6) is 0 Å². The van der Waals surface area contributed by atoms with E-state index in [1.54, 1.807) is 23.0 Å². The molecule has 1 atom stereocenters. The van der Waals surface area contributed by atoms with Crippen LogP contribution in [0.4, 0.5) is 20.4 Å². The van der Waals surface area contributed by atoms with Gasteiger partial charge in [0.05, 0.1) is 10.9 Å². The molecule has 3 aromatic heterocycles. The molecule has 182 valence electrons. The van der Waals surface area contributed by atoms with Gasteiger partial charge in [0.1, 0.15) is 5.82 Å². The number of hydrogen-bond acceptors (Lipinski definition) is 7. The number of hydrogen-bond donors (Lipinski definition) is 1. The fourth-order valence-electron chi connectivity index (χ4n) is 4.11. The molecule has 0 saturated carbocycles. The third-order valence-electron chi connectivity index (χ3n) is 6.42. The Bertz CT molecular complexity index is 1240. The Morgan fingerprint density at radius 2 is 2.03 bits per heavy atom. The monoisotopic (exact) mass is 472 g/mol. The van der Waals surface area contributed by atoms with Gasteiger partial charge < -0.3 is 15.1 Å². The van der Waals surface area contributed by atoms with Crippen LogP contribution in [0.1, 0.15) is 45.6 Å². The number of rotatable bonds is 6. The molecule has 34 heavy (non-hydrogen) atoms. The van der Waals surface area contributed by atoms with E-state index in [2.05, 4.69) is 51.1 Å². The van der Waals surface area contributed by atoms with Crippen LogP contribution in [0, 0.1) is 0 Å². The van der Waals surface area contributed by atoms with Crippen molar-refractivity contribution >= 4 is 28.4 Å². The molecular weight excluding hydrogens is 442 g/mol. The van der Waals surface area contributed by atoms with Crippen molar-refractivity contribution in [1.82, 2.24) is 29.6 Å². The summed E-state index contributed by atoms with van der Waals surface area (Å²) < 4.78 is 29.9. The Hall–Kier alpha value is -3.21. The molecule has 11 heteroatoms. The largest absolute Gasteiger partial charge is 0.353 e. The molecule has 0 radical (unpaired) electrons. The van der Waals surface area contributed by atoms with Crippen LogP contribution in [0.3, 0.4) is 0 Å². The fraction of sp³-hybridized carbons (Fsp3) is 0.522. The van der Waals surface area contributed by atoms with Crippen LogP contribution >= 0.6 is 0 Å². The highest BCUT2D eigenvalue weighted by atomic mass is 19.3. The minimum atomic E-state index is -3.20. The second-order valence-corrected chi connectivity index (χ2v) is 9.35. The predicted octanol–water partition coefficient (Wildman–Crippen LogP) is 3.37. The number of alkyl halides is 2. The van der Waals surface area contributed by atoms with Crippen LogP contribution in [0.2, 0.25) is 0 Å². The SMILES string of the molecule is CCc1cc(-n2nc(N3CC[C@@](C)(N(C)C)C3)c3cnc(NC(C)=O)cc32)nc(C(C)(F)F)n1. The maximum Gasteiger partial charge on any atom is 0.303 e. The lowest BCUT2D eigenvalue weighted by Crippen LogP contribution is -2.43. The molecule has 1 fully saturated rings. The number of carbonyl (C=O) groups excluding carboxylic acids is 1. The van der Waals surface area contributed by atoms with Crippen molar-refractivity contribution in [3.05, 3.63) is 29.8 Å². The van der Waals surface area contributed by atoms with Crippen molar-refractivity contribution in [1.29, 1.82) is 0 Å². The lowest BCUT2D eigenvalue weighted by molar-refractivity contribution is -0.114. The van der Waals surface area contributed by atoms with E-state index in [-0.39, 0.29) is 17.3 Å². The topological polar surface area (TPSA) is 92.1 Å². The van der Waals surface area contributed by atoms with E-state index < -0.39 is 11.7 Å². The number of pyridine rings is 1. The molecule has 3 aromatic rings. The number of aryl methyl sites for hydroxylation is 1. The fourth-order valence-corrected chi connectivity index (χ4v) is 4.11. The van der Waals surface area contributed by atoms with Crippen molar-refractivity contribution in [2.45, 2.75) is 52.0 Å². The van der Waals surface area contributed by atoms with E-state index in [4.69, 9.17) is 5.10 Å². The average molecular weight is 473 g/mol. The molecule has 1 N–H and O–H groups in total. The van der Waals surface area contributed by atoms with Gasteiger partial charge in [-0.3, -0.25) is 4.79 Å². The first-order chi connectivity index (χ1) is 15.9. The minimum Gasteiger partial charge on any atom is -0.353 e. The number of likely N-dealkylation sites (N-methyl/N-ethyl adjacent to an activating group) is 1. The van der Waals surface area contributed by atoms with Gasteiger partial charge >= 0.3 is 5.92 Å². The second kappa shape index (κ2) is 8.53. The zero-order chi connectivity index (χ0) is 24.8. The van der Waals surface area contributed by atoms with Gasteiger partial charge in [0.2, 0.25) is 11.7 Å². The summed E-state index contributed by atoms with van der Waals surface area (Å²) in [4.78, 5) is 28.5. The third-order valence-corrected chi connectivity index (χ3v) is 6.42. The Morgan fingerprint density at radius 1 is 1.29 bits per heavy atom. The van der Waals surface area contributed by atoms with Crippen LogP contribution in [-0.2, 0) is 17.1 Å². The van der Waals surface area contributed by atoms with Gasteiger partial charge in [0.15, 0.2) is 11.6 Å². The maximum atomic E-state index is 14.2. The first-order valence-corrected chi connectivity index (χ1v) is 11.3. The number of carbonyl (C=O) groups is 1. The molecule has 0 unspecified atom stereocenters. The third kappa shape index (κ3) is 4.44. The lowest BCUT2D eigenvalue weighted by atomic mass is 10.0. The van der Waals surface area contributed by atoms with Crippen LogP contribution in [0.25, 0.3) is 16.7 Å². The summed E-state index contributed by atoms with van der Waals surface area (Å²) in [6.07, 6.45) is 3.07. The van der Waals surface area contributed by atoms with Crippen LogP contribution < -0.4 is 10.2 Å². The molecule has 0 aliphatic carbocycles. The molecule has 4 rings (SSSR count). The van der Waals surface area contributed by atoms with E-state index in [0.717, 1.165) is 31.8 Å². The Morgan fingerprint density at radius 3 is 2.62 bits per heavy atom. The smallest absolute Gasteiger partial charge is 0.303 e. The van der Waals surface area contributed by atoms with Crippen LogP contribution in [-0.4, -0.2) is 68.3 Å². The van der Waals surface area contributed by atoms with Crippen molar-refractivity contribution in [2.75, 3.05) is 37.4 Å². The van der Waals surface area contributed by atoms with E-state index in [9.17, 15) is 13.6 Å². The van der Waals surface area contributed by atoms with Crippen molar-refractivity contribution in [3.8, 4) is 5.82 Å². The van der Waals surface area contributed by atoms with E-state index in [1.807, 2.05) is 6.92 Å².